The molecule has 0 radical (unpaired) electrons. The second kappa shape index (κ2) is 7.40. The summed E-state index contributed by atoms with van der Waals surface area (Å²) in [6.07, 6.45) is 3.99. The highest BCUT2D eigenvalue weighted by molar-refractivity contribution is 5.89. The molecule has 1 aromatic carbocycles. The molecule has 4 rings (SSSR count). The molecular formula is C21H25N5O. The maximum absolute atomic E-state index is 12.5. The standard InChI is InChI=1S/C21H25N5O/c1-16-6-7-18(13-17(16)2)23-21(27)25-11-9-24(10-12-25)15-19-14-22-20-5-3-4-8-26(19)20/h3-8,13-14H,9-12,15H2,1-2H3,(H,23,27). The molecule has 1 aliphatic rings. The Balaban J connectivity index is 1.33. The summed E-state index contributed by atoms with van der Waals surface area (Å²) in [5.41, 5.74) is 5.42. The lowest BCUT2D eigenvalue weighted by Crippen LogP contribution is -2.49. The lowest BCUT2D eigenvalue weighted by atomic mass is 10.1. The number of hydrogen-bond acceptors (Lipinski definition) is 3. The Bertz CT molecular complexity index is 956. The highest BCUT2D eigenvalue weighted by Crippen LogP contribution is 2.16. The number of hydrogen-bond donors (Lipinski definition) is 1. The Morgan fingerprint density at radius 2 is 1.89 bits per heavy atom. The van der Waals surface area contributed by atoms with E-state index < -0.39 is 0 Å². The molecule has 1 aliphatic heterocycles. The number of carbonyl (C=O) groups is 1. The Morgan fingerprint density at radius 3 is 2.67 bits per heavy atom. The van der Waals surface area contributed by atoms with Crippen LogP contribution in [0.25, 0.3) is 5.65 Å². The van der Waals surface area contributed by atoms with Crippen LogP contribution < -0.4 is 5.32 Å². The number of urea groups is 1. The zero-order chi connectivity index (χ0) is 18.8. The van der Waals surface area contributed by atoms with Crippen LogP contribution in [0.1, 0.15) is 16.8 Å². The van der Waals surface area contributed by atoms with E-state index in [0.29, 0.717) is 0 Å². The minimum Gasteiger partial charge on any atom is -0.322 e. The molecule has 3 aromatic rings. The number of nitrogens with one attached hydrogen (secondary N) is 1. The van der Waals surface area contributed by atoms with Crippen molar-refractivity contribution in [2.45, 2.75) is 20.4 Å². The average Bonchev–Trinajstić information content (AvgIpc) is 3.08. The van der Waals surface area contributed by atoms with Crippen LogP contribution in [0.2, 0.25) is 0 Å². The number of piperazine rings is 1. The SMILES string of the molecule is Cc1ccc(NC(=O)N2CCN(Cc3cnc4ccccn34)CC2)cc1C. The second-order valence-electron chi connectivity index (χ2n) is 7.17. The van der Waals surface area contributed by atoms with Crippen molar-refractivity contribution < 1.29 is 4.79 Å². The van der Waals surface area contributed by atoms with Gasteiger partial charge in [0.15, 0.2) is 0 Å². The predicted octanol–water partition coefficient (Wildman–Crippen LogP) is 3.30. The minimum absolute atomic E-state index is 0.0206. The molecule has 140 valence electrons. The zero-order valence-corrected chi connectivity index (χ0v) is 15.9. The number of benzene rings is 1. The molecule has 6 nitrogen and oxygen atoms in total. The van der Waals surface area contributed by atoms with E-state index in [-0.39, 0.29) is 6.03 Å². The van der Waals surface area contributed by atoms with Gasteiger partial charge < -0.3 is 14.6 Å². The quantitative estimate of drug-likeness (QED) is 0.777. The number of anilines is 1. The van der Waals surface area contributed by atoms with Gasteiger partial charge in [0, 0.05) is 44.6 Å². The largest absolute Gasteiger partial charge is 0.322 e. The van der Waals surface area contributed by atoms with Gasteiger partial charge in [0.05, 0.1) is 11.9 Å². The van der Waals surface area contributed by atoms with Crippen molar-refractivity contribution in [2.75, 3.05) is 31.5 Å². The van der Waals surface area contributed by atoms with Crippen molar-refractivity contribution in [3.05, 3.63) is 65.6 Å². The number of rotatable bonds is 3. The molecule has 1 fully saturated rings. The lowest BCUT2D eigenvalue weighted by molar-refractivity contribution is 0.142. The molecular weight excluding hydrogens is 338 g/mol. The smallest absolute Gasteiger partial charge is 0.321 e. The topological polar surface area (TPSA) is 52.9 Å². The first-order chi connectivity index (χ1) is 13.1. The summed E-state index contributed by atoms with van der Waals surface area (Å²) in [5, 5.41) is 3.02. The van der Waals surface area contributed by atoms with Gasteiger partial charge in [-0.05, 0) is 49.2 Å². The number of nitrogens with zero attached hydrogens (tertiary/aromatic N) is 4. The predicted molar refractivity (Wildman–Crippen MR) is 107 cm³/mol. The Morgan fingerprint density at radius 1 is 1.07 bits per heavy atom. The van der Waals surface area contributed by atoms with Crippen molar-refractivity contribution in [3.8, 4) is 0 Å². The number of amides is 2. The van der Waals surface area contributed by atoms with E-state index in [2.05, 4.69) is 33.4 Å². The van der Waals surface area contributed by atoms with Gasteiger partial charge in [-0.25, -0.2) is 9.78 Å². The van der Waals surface area contributed by atoms with Crippen LogP contribution in [0.15, 0.2) is 48.8 Å². The molecule has 0 atom stereocenters. The third kappa shape index (κ3) is 3.80. The van der Waals surface area contributed by atoms with Gasteiger partial charge in [-0.15, -0.1) is 0 Å². The van der Waals surface area contributed by atoms with Crippen LogP contribution in [-0.2, 0) is 6.54 Å². The monoisotopic (exact) mass is 363 g/mol. The average molecular weight is 363 g/mol. The first-order valence-electron chi connectivity index (χ1n) is 9.37. The molecule has 1 N–H and O–H groups in total. The van der Waals surface area contributed by atoms with Gasteiger partial charge in [0.1, 0.15) is 5.65 Å². The number of aryl methyl sites for hydroxylation is 2. The molecule has 0 unspecified atom stereocenters. The second-order valence-corrected chi connectivity index (χ2v) is 7.17. The highest BCUT2D eigenvalue weighted by atomic mass is 16.2. The summed E-state index contributed by atoms with van der Waals surface area (Å²) in [4.78, 5) is 21.3. The van der Waals surface area contributed by atoms with Gasteiger partial charge in [-0.1, -0.05) is 12.1 Å². The molecule has 0 spiro atoms. The summed E-state index contributed by atoms with van der Waals surface area (Å²) in [5.74, 6) is 0. The van der Waals surface area contributed by atoms with Gasteiger partial charge >= 0.3 is 6.03 Å². The van der Waals surface area contributed by atoms with E-state index >= 15 is 0 Å². The summed E-state index contributed by atoms with van der Waals surface area (Å²) in [6.45, 7) is 8.16. The van der Waals surface area contributed by atoms with Gasteiger partial charge in [-0.3, -0.25) is 4.90 Å². The molecule has 1 saturated heterocycles. The molecule has 3 heterocycles. The third-order valence-electron chi connectivity index (χ3n) is 5.30. The summed E-state index contributed by atoms with van der Waals surface area (Å²) < 4.78 is 2.12. The van der Waals surface area contributed by atoms with Crippen molar-refractivity contribution in [2.24, 2.45) is 0 Å². The molecule has 2 aromatic heterocycles. The lowest BCUT2D eigenvalue weighted by Gasteiger charge is -2.34. The number of fused-ring (bicyclic) bond motifs is 1. The number of aromatic nitrogens is 2. The van der Waals surface area contributed by atoms with E-state index in [1.807, 2.05) is 53.7 Å². The Kier molecular flexibility index (Phi) is 4.81. The van der Waals surface area contributed by atoms with E-state index in [1.165, 1.54) is 16.8 Å². The van der Waals surface area contributed by atoms with Crippen LogP contribution in [0.3, 0.4) is 0 Å². The van der Waals surface area contributed by atoms with E-state index in [0.717, 1.165) is 44.1 Å². The fourth-order valence-electron chi connectivity index (χ4n) is 3.46. The van der Waals surface area contributed by atoms with Crippen molar-refractivity contribution in [1.29, 1.82) is 0 Å². The van der Waals surface area contributed by atoms with E-state index in [1.54, 1.807) is 0 Å². The Labute approximate surface area is 159 Å². The van der Waals surface area contributed by atoms with Gasteiger partial charge in [-0.2, -0.15) is 0 Å². The van der Waals surface area contributed by atoms with Crippen LogP contribution in [0, 0.1) is 13.8 Å². The van der Waals surface area contributed by atoms with Crippen molar-refractivity contribution >= 4 is 17.4 Å². The van der Waals surface area contributed by atoms with Gasteiger partial charge in [0.25, 0.3) is 0 Å². The number of pyridine rings is 1. The molecule has 27 heavy (non-hydrogen) atoms. The number of imidazole rings is 1. The normalized spacial score (nSPS) is 15.3. The first-order valence-corrected chi connectivity index (χ1v) is 9.37. The summed E-state index contributed by atoms with van der Waals surface area (Å²) in [7, 11) is 0. The minimum atomic E-state index is -0.0206. The fourth-order valence-corrected chi connectivity index (χ4v) is 3.46. The molecule has 0 saturated carbocycles. The van der Waals surface area contributed by atoms with Crippen LogP contribution in [0.4, 0.5) is 10.5 Å². The first kappa shape index (κ1) is 17.5. The number of carbonyl (C=O) groups excluding carboxylic acids is 1. The third-order valence-corrected chi connectivity index (χ3v) is 5.30. The van der Waals surface area contributed by atoms with Crippen LogP contribution in [0.5, 0.6) is 0 Å². The molecule has 0 aliphatic carbocycles. The highest BCUT2D eigenvalue weighted by Gasteiger charge is 2.22. The van der Waals surface area contributed by atoms with E-state index in [4.69, 9.17) is 0 Å². The summed E-state index contributed by atoms with van der Waals surface area (Å²) >= 11 is 0. The van der Waals surface area contributed by atoms with Crippen molar-refractivity contribution in [1.82, 2.24) is 19.2 Å². The van der Waals surface area contributed by atoms with Gasteiger partial charge in [0.2, 0.25) is 0 Å². The van der Waals surface area contributed by atoms with E-state index in [9.17, 15) is 4.79 Å². The Hall–Kier alpha value is -2.86. The summed E-state index contributed by atoms with van der Waals surface area (Å²) in [6, 6.07) is 12.0. The molecule has 0 bridgehead atoms. The van der Waals surface area contributed by atoms with Crippen LogP contribution >= 0.6 is 0 Å². The molecule has 6 heteroatoms. The zero-order valence-electron chi connectivity index (χ0n) is 15.9. The maximum Gasteiger partial charge on any atom is 0.321 e. The molecule has 2 amide bonds. The van der Waals surface area contributed by atoms with Crippen molar-refractivity contribution in [3.63, 3.8) is 0 Å². The fraction of sp³-hybridized carbons (Fsp3) is 0.333. The maximum atomic E-state index is 12.5. The van der Waals surface area contributed by atoms with Crippen LogP contribution in [-0.4, -0.2) is 51.4 Å².